The van der Waals surface area contributed by atoms with Crippen molar-refractivity contribution in [3.8, 4) is 17.2 Å². The number of halogens is 2. The van der Waals surface area contributed by atoms with Crippen LogP contribution in [0.4, 0.5) is 0 Å². The maximum absolute atomic E-state index is 8.99. The molecule has 0 aliphatic heterocycles. The fourth-order valence-electron chi connectivity index (χ4n) is 3.62. The van der Waals surface area contributed by atoms with Gasteiger partial charge in [0.2, 0.25) is 5.89 Å². The van der Waals surface area contributed by atoms with Gasteiger partial charge in [0.15, 0.2) is 5.58 Å². The summed E-state index contributed by atoms with van der Waals surface area (Å²) >= 11 is 12.4. The molecule has 0 aliphatic rings. The average Bonchev–Trinajstić information content (AvgIpc) is 3.41. The predicted molar refractivity (Wildman–Crippen MR) is 136 cm³/mol. The largest absolute Gasteiger partial charge is 0.491 e. The first kappa shape index (κ1) is 26.1. The molecule has 182 valence electrons. The summed E-state index contributed by atoms with van der Waals surface area (Å²) in [4.78, 5) is 4.74. The molecule has 6 nitrogen and oxygen atoms in total. The Morgan fingerprint density at radius 1 is 1.06 bits per heavy atom. The molecule has 0 amide bonds. The molecule has 0 aliphatic carbocycles. The highest BCUT2D eigenvalue weighted by Gasteiger charge is 2.20. The Morgan fingerprint density at radius 3 is 2.47 bits per heavy atom. The van der Waals surface area contributed by atoms with Crippen LogP contribution in [0.1, 0.15) is 56.3 Å². The van der Waals surface area contributed by atoms with Crippen LogP contribution < -0.4 is 4.74 Å². The third-order valence-electron chi connectivity index (χ3n) is 5.20. The summed E-state index contributed by atoms with van der Waals surface area (Å²) in [6, 6.07) is 9.07. The first-order valence-corrected chi connectivity index (χ1v) is 12.2. The molecule has 0 atom stereocenters. The van der Waals surface area contributed by atoms with Gasteiger partial charge in [-0.2, -0.15) is 0 Å². The summed E-state index contributed by atoms with van der Waals surface area (Å²) in [5.74, 6) is 2.16. The Bertz CT molecular complexity index is 1250. The van der Waals surface area contributed by atoms with E-state index in [0.29, 0.717) is 45.7 Å². The van der Waals surface area contributed by atoms with E-state index in [2.05, 4.69) is 19.0 Å². The number of aryl methyl sites for hydroxylation is 3. The molecule has 0 spiro atoms. The molecular formula is C26H30Cl2N2O4. The molecule has 1 N–H and O–H groups in total. The van der Waals surface area contributed by atoms with Gasteiger partial charge in [0.25, 0.3) is 0 Å². The molecule has 0 fully saturated rings. The van der Waals surface area contributed by atoms with Crippen molar-refractivity contribution in [3.05, 3.63) is 63.1 Å². The fraction of sp³-hybridized carbons (Fsp3) is 0.385. The van der Waals surface area contributed by atoms with Gasteiger partial charge in [0.1, 0.15) is 18.1 Å². The van der Waals surface area contributed by atoms with Crippen LogP contribution in [0.5, 0.6) is 5.75 Å². The van der Waals surface area contributed by atoms with Crippen LogP contribution >= 0.6 is 23.2 Å². The minimum Gasteiger partial charge on any atom is -0.491 e. The zero-order chi connectivity index (χ0) is 24.8. The molecule has 0 radical (unpaired) electrons. The lowest BCUT2D eigenvalue weighted by atomic mass is 10.0. The molecule has 4 rings (SSSR count). The summed E-state index contributed by atoms with van der Waals surface area (Å²) in [5, 5.41) is 15.3. The lowest BCUT2D eigenvalue weighted by Gasteiger charge is -2.07. The van der Waals surface area contributed by atoms with Crippen LogP contribution in [0.2, 0.25) is 10.0 Å². The summed E-state index contributed by atoms with van der Waals surface area (Å²) in [6.07, 6.45) is 1.29. The average molecular weight is 505 g/mol. The van der Waals surface area contributed by atoms with Crippen molar-refractivity contribution in [3.63, 3.8) is 0 Å². The van der Waals surface area contributed by atoms with Crippen molar-refractivity contribution in [1.29, 1.82) is 0 Å². The maximum Gasteiger partial charge on any atom is 0.228 e. The second-order valence-electron chi connectivity index (χ2n) is 7.92. The highest BCUT2D eigenvalue weighted by molar-refractivity contribution is 6.36. The van der Waals surface area contributed by atoms with Crippen LogP contribution in [0.3, 0.4) is 0 Å². The Morgan fingerprint density at radius 2 is 1.79 bits per heavy atom. The summed E-state index contributed by atoms with van der Waals surface area (Å²) in [7, 11) is 0. The van der Waals surface area contributed by atoms with Crippen molar-refractivity contribution in [2.75, 3.05) is 13.2 Å². The van der Waals surface area contributed by atoms with E-state index < -0.39 is 0 Å². The highest BCUT2D eigenvalue weighted by Crippen LogP contribution is 2.34. The molecule has 2 aromatic carbocycles. The first-order chi connectivity index (χ1) is 16.4. The van der Waals surface area contributed by atoms with E-state index in [9.17, 15) is 0 Å². The normalized spacial score (nSPS) is 11.1. The summed E-state index contributed by atoms with van der Waals surface area (Å²) in [6.45, 7) is 10.3. The quantitative estimate of drug-likeness (QED) is 0.269. The molecule has 4 aromatic rings. The van der Waals surface area contributed by atoms with Gasteiger partial charge in [-0.1, -0.05) is 56.1 Å². The standard InChI is InChI=1S/C24H24Cl2N2O4.C2H6/c1-13(2)23-20(27-24(31-23)16-5-4-15(25)11-18(16)26)7-6-19-17-10-14(3)21(30-9-8-29)12-22(17)32-28-19;1-2/h4-5,10-13,29H,6-9H2,1-3H3;1-2H3. The second-order valence-corrected chi connectivity index (χ2v) is 8.77. The van der Waals surface area contributed by atoms with Crippen LogP contribution in [-0.4, -0.2) is 28.5 Å². The number of nitrogens with zero attached hydrogens (tertiary/aromatic N) is 2. The highest BCUT2D eigenvalue weighted by atomic mass is 35.5. The van der Waals surface area contributed by atoms with E-state index in [4.69, 9.17) is 47.0 Å². The Hall–Kier alpha value is -2.54. The van der Waals surface area contributed by atoms with Gasteiger partial charge in [0, 0.05) is 22.4 Å². The lowest BCUT2D eigenvalue weighted by Crippen LogP contribution is -2.02. The number of fused-ring (bicyclic) bond motifs is 1. The van der Waals surface area contributed by atoms with Crippen molar-refractivity contribution in [2.24, 2.45) is 0 Å². The van der Waals surface area contributed by atoms with E-state index in [1.807, 2.05) is 39.0 Å². The number of hydrogen-bond donors (Lipinski definition) is 1. The van der Waals surface area contributed by atoms with E-state index in [1.54, 1.807) is 12.1 Å². The van der Waals surface area contributed by atoms with Gasteiger partial charge < -0.3 is 18.8 Å². The fourth-order valence-corrected chi connectivity index (χ4v) is 4.11. The van der Waals surface area contributed by atoms with E-state index in [1.165, 1.54) is 0 Å². The molecule has 34 heavy (non-hydrogen) atoms. The summed E-state index contributed by atoms with van der Waals surface area (Å²) < 4.78 is 17.2. The number of aliphatic hydroxyl groups is 1. The van der Waals surface area contributed by atoms with Crippen LogP contribution in [0, 0.1) is 6.92 Å². The van der Waals surface area contributed by atoms with Gasteiger partial charge >= 0.3 is 0 Å². The predicted octanol–water partition coefficient (Wildman–Crippen LogP) is 7.40. The minimum absolute atomic E-state index is 0.0434. The Kier molecular flexibility index (Phi) is 9.00. The smallest absolute Gasteiger partial charge is 0.228 e. The molecule has 0 saturated carbocycles. The zero-order valence-corrected chi connectivity index (χ0v) is 21.6. The Labute approximate surface area is 209 Å². The molecule has 0 unspecified atom stereocenters. The molecule has 0 bridgehead atoms. The van der Waals surface area contributed by atoms with E-state index >= 15 is 0 Å². The van der Waals surface area contributed by atoms with Gasteiger partial charge in [-0.25, -0.2) is 4.98 Å². The number of oxazole rings is 1. The van der Waals surface area contributed by atoms with Crippen LogP contribution in [-0.2, 0) is 12.8 Å². The Balaban J connectivity index is 0.00000158. The third-order valence-corrected chi connectivity index (χ3v) is 5.75. The lowest BCUT2D eigenvalue weighted by molar-refractivity contribution is 0.200. The number of aromatic nitrogens is 2. The van der Waals surface area contributed by atoms with Crippen molar-refractivity contribution in [1.82, 2.24) is 10.1 Å². The molecule has 2 heterocycles. The number of ether oxygens (including phenoxy) is 1. The minimum atomic E-state index is -0.0434. The topological polar surface area (TPSA) is 81.5 Å². The summed E-state index contributed by atoms with van der Waals surface area (Å²) in [5.41, 5.74) is 4.04. The van der Waals surface area contributed by atoms with Gasteiger partial charge in [-0.3, -0.25) is 0 Å². The zero-order valence-electron chi connectivity index (χ0n) is 20.1. The van der Waals surface area contributed by atoms with Gasteiger partial charge in [-0.15, -0.1) is 0 Å². The number of hydrogen-bond acceptors (Lipinski definition) is 6. The van der Waals surface area contributed by atoms with Crippen molar-refractivity contribution in [2.45, 2.75) is 53.4 Å². The molecule has 0 saturated heterocycles. The van der Waals surface area contributed by atoms with Crippen LogP contribution in [0.15, 0.2) is 39.3 Å². The molecule has 2 aromatic heterocycles. The SMILES string of the molecule is CC.Cc1cc2c(CCc3nc(-c4ccc(Cl)cc4Cl)oc3C(C)C)noc2cc1OCCO. The van der Waals surface area contributed by atoms with Gasteiger partial charge in [-0.05, 0) is 49.6 Å². The number of benzene rings is 2. The van der Waals surface area contributed by atoms with E-state index in [-0.39, 0.29) is 19.1 Å². The maximum atomic E-state index is 8.99. The van der Waals surface area contributed by atoms with Crippen molar-refractivity contribution >= 4 is 34.2 Å². The molecule has 8 heteroatoms. The molecular weight excluding hydrogens is 475 g/mol. The monoisotopic (exact) mass is 504 g/mol. The van der Waals surface area contributed by atoms with E-state index in [0.717, 1.165) is 28.1 Å². The third kappa shape index (κ3) is 5.74. The van der Waals surface area contributed by atoms with Crippen molar-refractivity contribution < 1.29 is 18.8 Å². The second kappa shape index (κ2) is 11.7. The first-order valence-electron chi connectivity index (χ1n) is 11.4. The van der Waals surface area contributed by atoms with Crippen LogP contribution in [0.25, 0.3) is 22.4 Å². The number of rotatable bonds is 8. The van der Waals surface area contributed by atoms with Gasteiger partial charge in [0.05, 0.1) is 28.6 Å². The number of aliphatic hydroxyl groups excluding tert-OH is 1.